The van der Waals surface area contributed by atoms with Crippen LogP contribution in [0.5, 0.6) is 0 Å². The Labute approximate surface area is 161 Å². The van der Waals surface area contributed by atoms with Crippen molar-refractivity contribution < 1.29 is 14.3 Å². The highest BCUT2D eigenvalue weighted by atomic mass is 16.5. The van der Waals surface area contributed by atoms with Crippen molar-refractivity contribution in [2.24, 2.45) is 5.92 Å². The third kappa shape index (κ3) is 5.00. The summed E-state index contributed by atoms with van der Waals surface area (Å²) in [6, 6.07) is 3.87. The molecule has 1 aromatic heterocycles. The molecule has 0 unspecified atom stereocenters. The number of ether oxygens (including phenoxy) is 1. The maximum absolute atomic E-state index is 12.4. The van der Waals surface area contributed by atoms with Crippen LogP contribution < -0.4 is 0 Å². The van der Waals surface area contributed by atoms with Gasteiger partial charge in [-0.2, -0.15) is 5.26 Å². The number of carbonyl (C=O) groups is 2. The molecule has 0 saturated carbocycles. The smallest absolute Gasteiger partial charge is 0.349 e. The molecule has 1 atom stereocenters. The topological polar surface area (TPSA) is 75.3 Å². The molecule has 2 heterocycles. The SMILES string of the molecule is Cc1cc(/C=C(\C#N)C(=O)O[C@@H](C)C(=O)N2CCCC2)c(C)n1CC(C)C. The Kier molecular flexibility index (Phi) is 6.84. The van der Waals surface area contributed by atoms with E-state index in [2.05, 4.69) is 18.4 Å². The maximum atomic E-state index is 12.4. The number of aromatic nitrogens is 1. The third-order valence-electron chi connectivity index (χ3n) is 4.85. The molecule has 1 saturated heterocycles. The highest BCUT2D eigenvalue weighted by molar-refractivity contribution is 5.99. The van der Waals surface area contributed by atoms with Gasteiger partial charge in [-0.1, -0.05) is 13.8 Å². The molecule has 0 bridgehead atoms. The minimum Gasteiger partial charge on any atom is -0.448 e. The van der Waals surface area contributed by atoms with Crippen molar-refractivity contribution in [2.45, 2.75) is 60.1 Å². The van der Waals surface area contributed by atoms with Crippen molar-refractivity contribution in [3.63, 3.8) is 0 Å². The molecular formula is C21H29N3O3. The number of likely N-dealkylation sites (tertiary alicyclic amines) is 1. The Balaban J connectivity index is 2.14. The summed E-state index contributed by atoms with van der Waals surface area (Å²) in [6.07, 6.45) is 2.61. The molecule has 0 aromatic carbocycles. The summed E-state index contributed by atoms with van der Waals surface area (Å²) >= 11 is 0. The van der Waals surface area contributed by atoms with Crippen molar-refractivity contribution >= 4 is 18.0 Å². The Morgan fingerprint density at radius 2 is 1.89 bits per heavy atom. The average molecular weight is 371 g/mol. The zero-order chi connectivity index (χ0) is 20.1. The Hall–Kier alpha value is -2.55. The van der Waals surface area contributed by atoms with E-state index in [9.17, 15) is 14.9 Å². The lowest BCUT2D eigenvalue weighted by molar-refractivity contribution is -0.155. The fraction of sp³-hybridized carbons (Fsp3) is 0.571. The summed E-state index contributed by atoms with van der Waals surface area (Å²) in [5, 5.41) is 9.41. The first-order valence-corrected chi connectivity index (χ1v) is 9.52. The van der Waals surface area contributed by atoms with Gasteiger partial charge in [0.1, 0.15) is 11.6 Å². The van der Waals surface area contributed by atoms with E-state index < -0.39 is 12.1 Å². The first-order chi connectivity index (χ1) is 12.7. The van der Waals surface area contributed by atoms with Gasteiger partial charge in [0.05, 0.1) is 0 Å². The number of rotatable bonds is 6. The van der Waals surface area contributed by atoms with Crippen molar-refractivity contribution in [1.29, 1.82) is 5.26 Å². The van der Waals surface area contributed by atoms with E-state index in [1.807, 2.05) is 26.0 Å². The quantitative estimate of drug-likeness (QED) is 0.437. The second-order valence-corrected chi connectivity index (χ2v) is 7.58. The summed E-state index contributed by atoms with van der Waals surface area (Å²) in [5.74, 6) is -0.469. The number of nitriles is 1. The summed E-state index contributed by atoms with van der Waals surface area (Å²) in [7, 11) is 0. The standard InChI is InChI=1S/C21H29N3O3/c1-14(2)13-24-15(3)10-18(16(24)4)11-19(12-22)21(26)27-17(5)20(25)23-8-6-7-9-23/h10-11,14,17H,6-9,13H2,1-5H3/b19-11+/t17-/m0/s1. The number of carbonyl (C=O) groups excluding carboxylic acids is 2. The largest absolute Gasteiger partial charge is 0.448 e. The van der Waals surface area contributed by atoms with Crippen LogP contribution in [-0.2, 0) is 20.9 Å². The Morgan fingerprint density at radius 1 is 1.26 bits per heavy atom. The molecule has 146 valence electrons. The van der Waals surface area contributed by atoms with Gasteiger partial charge in [0.25, 0.3) is 5.91 Å². The predicted molar refractivity (Wildman–Crippen MR) is 104 cm³/mol. The summed E-state index contributed by atoms with van der Waals surface area (Å²) in [6.45, 7) is 12.1. The zero-order valence-electron chi connectivity index (χ0n) is 16.9. The van der Waals surface area contributed by atoms with Crippen LogP contribution in [0.4, 0.5) is 0 Å². The fourth-order valence-electron chi connectivity index (χ4n) is 3.38. The fourth-order valence-corrected chi connectivity index (χ4v) is 3.38. The first-order valence-electron chi connectivity index (χ1n) is 9.52. The predicted octanol–water partition coefficient (Wildman–Crippen LogP) is 3.22. The third-order valence-corrected chi connectivity index (χ3v) is 4.85. The molecule has 1 fully saturated rings. The monoisotopic (exact) mass is 371 g/mol. The van der Waals surface area contributed by atoms with Crippen molar-refractivity contribution in [3.8, 4) is 6.07 Å². The van der Waals surface area contributed by atoms with Crippen LogP contribution in [0.25, 0.3) is 6.08 Å². The minimum atomic E-state index is -0.888. The van der Waals surface area contributed by atoms with E-state index in [4.69, 9.17) is 4.74 Å². The van der Waals surface area contributed by atoms with Gasteiger partial charge in [-0.25, -0.2) is 4.79 Å². The lowest BCUT2D eigenvalue weighted by Crippen LogP contribution is -2.38. The van der Waals surface area contributed by atoms with Gasteiger partial charge in [-0.15, -0.1) is 0 Å². The molecule has 0 spiro atoms. The Morgan fingerprint density at radius 3 is 2.44 bits per heavy atom. The van der Waals surface area contributed by atoms with E-state index in [0.717, 1.165) is 36.3 Å². The molecule has 1 aromatic rings. The van der Waals surface area contributed by atoms with Crippen molar-refractivity contribution in [3.05, 3.63) is 28.6 Å². The zero-order valence-corrected chi connectivity index (χ0v) is 16.9. The molecule has 1 aliphatic heterocycles. The molecule has 0 aliphatic carbocycles. The van der Waals surface area contributed by atoms with Crippen LogP contribution in [0.15, 0.2) is 11.6 Å². The van der Waals surface area contributed by atoms with Gasteiger partial charge in [-0.05, 0) is 57.2 Å². The van der Waals surface area contributed by atoms with Crippen LogP contribution in [0.3, 0.4) is 0 Å². The van der Waals surface area contributed by atoms with Gasteiger partial charge >= 0.3 is 5.97 Å². The normalized spacial score (nSPS) is 15.7. The molecule has 6 nitrogen and oxygen atoms in total. The summed E-state index contributed by atoms with van der Waals surface area (Å²) in [5.41, 5.74) is 2.81. The highest BCUT2D eigenvalue weighted by Crippen LogP contribution is 2.20. The number of hydrogen-bond acceptors (Lipinski definition) is 4. The van der Waals surface area contributed by atoms with Gasteiger partial charge < -0.3 is 14.2 Å². The molecule has 1 aliphatic rings. The van der Waals surface area contributed by atoms with E-state index in [0.29, 0.717) is 19.0 Å². The van der Waals surface area contributed by atoms with Gasteiger partial charge in [0.2, 0.25) is 0 Å². The average Bonchev–Trinajstić information content (AvgIpc) is 3.23. The van der Waals surface area contributed by atoms with Crippen LogP contribution in [0.1, 0.15) is 50.6 Å². The molecular weight excluding hydrogens is 342 g/mol. The van der Waals surface area contributed by atoms with E-state index in [-0.39, 0.29) is 11.5 Å². The van der Waals surface area contributed by atoms with Crippen molar-refractivity contribution in [1.82, 2.24) is 9.47 Å². The van der Waals surface area contributed by atoms with Crippen LogP contribution in [0.2, 0.25) is 0 Å². The first kappa shape index (κ1) is 20.8. The van der Waals surface area contributed by atoms with Gasteiger partial charge in [0, 0.05) is 31.0 Å². The number of hydrogen-bond donors (Lipinski definition) is 0. The van der Waals surface area contributed by atoms with Crippen LogP contribution in [-0.4, -0.2) is 40.5 Å². The molecule has 0 N–H and O–H groups in total. The summed E-state index contributed by atoms with van der Waals surface area (Å²) in [4.78, 5) is 26.4. The molecule has 6 heteroatoms. The number of aryl methyl sites for hydroxylation is 1. The van der Waals surface area contributed by atoms with E-state index >= 15 is 0 Å². The second-order valence-electron chi connectivity index (χ2n) is 7.58. The maximum Gasteiger partial charge on any atom is 0.349 e. The van der Waals surface area contributed by atoms with Gasteiger partial charge in [0.15, 0.2) is 6.10 Å². The molecule has 0 radical (unpaired) electrons. The van der Waals surface area contributed by atoms with Crippen LogP contribution in [0, 0.1) is 31.1 Å². The van der Waals surface area contributed by atoms with Gasteiger partial charge in [-0.3, -0.25) is 4.79 Å². The Bertz CT molecular complexity index is 777. The minimum absolute atomic E-state index is 0.0964. The van der Waals surface area contributed by atoms with E-state index in [1.54, 1.807) is 17.9 Å². The lowest BCUT2D eigenvalue weighted by atomic mass is 10.1. The molecule has 2 rings (SSSR count). The molecule has 27 heavy (non-hydrogen) atoms. The highest BCUT2D eigenvalue weighted by Gasteiger charge is 2.27. The van der Waals surface area contributed by atoms with E-state index in [1.165, 1.54) is 0 Å². The lowest BCUT2D eigenvalue weighted by Gasteiger charge is -2.20. The second kappa shape index (κ2) is 8.90. The van der Waals surface area contributed by atoms with Crippen molar-refractivity contribution in [2.75, 3.05) is 13.1 Å². The summed E-state index contributed by atoms with van der Waals surface area (Å²) < 4.78 is 7.44. The number of amides is 1. The number of nitrogens with zero attached hydrogens (tertiary/aromatic N) is 3. The molecule has 1 amide bonds. The van der Waals surface area contributed by atoms with Crippen LogP contribution >= 0.6 is 0 Å². The number of esters is 1.